The third-order valence-electron chi connectivity index (χ3n) is 3.91. The number of hydrogen-bond donors (Lipinski definition) is 1. The van der Waals surface area contributed by atoms with Crippen LogP contribution in [-0.2, 0) is 19.4 Å². The fraction of sp³-hybridized carbons (Fsp3) is 0.294. The van der Waals surface area contributed by atoms with Crippen molar-refractivity contribution in [2.45, 2.75) is 32.7 Å². The van der Waals surface area contributed by atoms with Gasteiger partial charge in [0.05, 0.1) is 4.47 Å². The molecule has 0 aromatic heterocycles. The first-order valence-corrected chi connectivity index (χ1v) is 7.73. The summed E-state index contributed by atoms with van der Waals surface area (Å²) in [4.78, 5) is 0. The second kappa shape index (κ2) is 5.57. The second-order valence-corrected chi connectivity index (χ2v) is 6.25. The van der Waals surface area contributed by atoms with Crippen LogP contribution >= 0.6 is 15.9 Å². The van der Waals surface area contributed by atoms with Crippen molar-refractivity contribution in [2.75, 3.05) is 5.32 Å². The predicted molar refractivity (Wildman–Crippen MR) is 84.6 cm³/mol. The van der Waals surface area contributed by atoms with Gasteiger partial charge in [0, 0.05) is 12.2 Å². The molecule has 2 aromatic carbocycles. The van der Waals surface area contributed by atoms with Crippen LogP contribution in [0.1, 0.15) is 28.7 Å². The molecular weight excluding hydrogens is 317 g/mol. The van der Waals surface area contributed by atoms with Crippen LogP contribution in [0.2, 0.25) is 0 Å². The maximum absolute atomic E-state index is 13.4. The third-order valence-corrected chi connectivity index (χ3v) is 4.52. The smallest absolute Gasteiger partial charge is 0.137 e. The molecule has 0 spiro atoms. The molecule has 3 rings (SSSR count). The summed E-state index contributed by atoms with van der Waals surface area (Å²) >= 11 is 3.23. The van der Waals surface area contributed by atoms with Gasteiger partial charge in [0.15, 0.2) is 0 Å². The number of hydrogen-bond acceptors (Lipinski definition) is 1. The summed E-state index contributed by atoms with van der Waals surface area (Å²) < 4.78 is 13.9. The molecule has 0 radical (unpaired) electrons. The Kier molecular flexibility index (Phi) is 3.79. The molecule has 0 unspecified atom stereocenters. The highest BCUT2D eigenvalue weighted by Gasteiger charge is 2.11. The van der Waals surface area contributed by atoms with Crippen molar-refractivity contribution in [3.63, 3.8) is 0 Å². The first-order chi connectivity index (χ1) is 9.63. The van der Waals surface area contributed by atoms with E-state index >= 15 is 0 Å². The number of nitrogens with one attached hydrogen (secondary N) is 1. The molecule has 0 bridgehead atoms. The molecule has 0 saturated carbocycles. The minimum absolute atomic E-state index is 0.217. The summed E-state index contributed by atoms with van der Waals surface area (Å²) in [5.41, 5.74) is 6.16. The van der Waals surface area contributed by atoms with Gasteiger partial charge in [0.25, 0.3) is 0 Å². The zero-order valence-electron chi connectivity index (χ0n) is 11.5. The van der Waals surface area contributed by atoms with E-state index in [1.807, 2.05) is 6.92 Å². The SMILES string of the molecule is Cc1cc(F)c(Br)cc1NCc1ccc2c(c1)CCC2. The lowest BCUT2D eigenvalue weighted by Gasteiger charge is -2.12. The minimum atomic E-state index is -0.217. The lowest BCUT2D eigenvalue weighted by atomic mass is 10.1. The van der Waals surface area contributed by atoms with Crippen LogP contribution in [0.15, 0.2) is 34.8 Å². The van der Waals surface area contributed by atoms with Crippen LogP contribution in [-0.4, -0.2) is 0 Å². The summed E-state index contributed by atoms with van der Waals surface area (Å²) in [6.07, 6.45) is 3.69. The Morgan fingerprint density at radius 2 is 1.95 bits per heavy atom. The van der Waals surface area contributed by atoms with Gasteiger partial charge >= 0.3 is 0 Å². The van der Waals surface area contributed by atoms with E-state index in [1.54, 1.807) is 12.1 Å². The van der Waals surface area contributed by atoms with Crippen molar-refractivity contribution in [2.24, 2.45) is 0 Å². The average molecular weight is 334 g/mol. The molecule has 1 aliphatic rings. The van der Waals surface area contributed by atoms with E-state index in [0.29, 0.717) is 4.47 Å². The molecule has 0 atom stereocenters. The monoisotopic (exact) mass is 333 g/mol. The Hall–Kier alpha value is -1.35. The highest BCUT2D eigenvalue weighted by atomic mass is 79.9. The molecule has 1 aliphatic carbocycles. The number of fused-ring (bicyclic) bond motifs is 1. The molecule has 104 valence electrons. The molecule has 0 aliphatic heterocycles. The van der Waals surface area contributed by atoms with Gasteiger partial charge in [-0.2, -0.15) is 0 Å². The van der Waals surface area contributed by atoms with Crippen LogP contribution in [0.4, 0.5) is 10.1 Å². The summed E-state index contributed by atoms with van der Waals surface area (Å²) in [7, 11) is 0. The zero-order chi connectivity index (χ0) is 14.1. The largest absolute Gasteiger partial charge is 0.381 e. The molecule has 0 saturated heterocycles. The summed E-state index contributed by atoms with van der Waals surface area (Å²) in [6, 6.07) is 10.1. The molecular formula is C17H17BrFN. The highest BCUT2D eigenvalue weighted by molar-refractivity contribution is 9.10. The van der Waals surface area contributed by atoms with Crippen molar-refractivity contribution in [1.82, 2.24) is 0 Å². The zero-order valence-corrected chi connectivity index (χ0v) is 13.1. The van der Waals surface area contributed by atoms with Crippen molar-refractivity contribution in [3.05, 3.63) is 62.9 Å². The Morgan fingerprint density at radius 1 is 1.15 bits per heavy atom. The molecule has 0 heterocycles. The number of rotatable bonds is 3. The van der Waals surface area contributed by atoms with Crippen LogP contribution in [0.3, 0.4) is 0 Å². The van der Waals surface area contributed by atoms with Gasteiger partial charge in [-0.15, -0.1) is 0 Å². The number of anilines is 1. The fourth-order valence-electron chi connectivity index (χ4n) is 2.77. The molecule has 3 heteroatoms. The van der Waals surface area contributed by atoms with E-state index in [4.69, 9.17) is 0 Å². The van der Waals surface area contributed by atoms with Crippen molar-refractivity contribution in [1.29, 1.82) is 0 Å². The summed E-state index contributed by atoms with van der Waals surface area (Å²) in [6.45, 7) is 2.69. The first kappa shape index (κ1) is 13.6. The van der Waals surface area contributed by atoms with E-state index in [1.165, 1.54) is 36.0 Å². The van der Waals surface area contributed by atoms with Crippen molar-refractivity contribution in [3.8, 4) is 0 Å². The van der Waals surface area contributed by atoms with Gasteiger partial charge in [-0.1, -0.05) is 18.2 Å². The van der Waals surface area contributed by atoms with Gasteiger partial charge in [-0.05, 0) is 76.5 Å². The quantitative estimate of drug-likeness (QED) is 0.833. The van der Waals surface area contributed by atoms with E-state index in [0.717, 1.165) is 17.8 Å². The maximum atomic E-state index is 13.4. The molecule has 2 aromatic rings. The standard InChI is InChI=1S/C17H17BrFN/c1-11-7-16(19)15(18)9-17(11)20-10-12-5-6-13-3-2-4-14(13)8-12/h5-9,20H,2-4,10H2,1H3. The van der Waals surface area contributed by atoms with Gasteiger partial charge in [-0.3, -0.25) is 0 Å². The van der Waals surface area contributed by atoms with E-state index in [-0.39, 0.29) is 5.82 Å². The molecule has 0 amide bonds. The Balaban J connectivity index is 1.75. The van der Waals surface area contributed by atoms with Gasteiger partial charge in [0.2, 0.25) is 0 Å². The lowest BCUT2D eigenvalue weighted by Crippen LogP contribution is -2.02. The molecule has 1 nitrogen and oxygen atoms in total. The Morgan fingerprint density at radius 3 is 2.80 bits per heavy atom. The number of benzene rings is 2. The van der Waals surface area contributed by atoms with E-state index in [2.05, 4.69) is 39.4 Å². The molecule has 20 heavy (non-hydrogen) atoms. The average Bonchev–Trinajstić information content (AvgIpc) is 2.89. The van der Waals surface area contributed by atoms with Gasteiger partial charge in [0.1, 0.15) is 5.82 Å². The molecule has 1 N–H and O–H groups in total. The summed E-state index contributed by atoms with van der Waals surface area (Å²) in [5, 5.41) is 3.39. The number of aryl methyl sites for hydroxylation is 3. The summed E-state index contributed by atoms with van der Waals surface area (Å²) in [5.74, 6) is -0.217. The second-order valence-electron chi connectivity index (χ2n) is 5.39. The van der Waals surface area contributed by atoms with Crippen LogP contribution < -0.4 is 5.32 Å². The van der Waals surface area contributed by atoms with Gasteiger partial charge < -0.3 is 5.32 Å². The van der Waals surface area contributed by atoms with Crippen molar-refractivity contribution >= 4 is 21.6 Å². The highest BCUT2D eigenvalue weighted by Crippen LogP contribution is 2.26. The van der Waals surface area contributed by atoms with Crippen molar-refractivity contribution < 1.29 is 4.39 Å². The minimum Gasteiger partial charge on any atom is -0.381 e. The first-order valence-electron chi connectivity index (χ1n) is 6.93. The third kappa shape index (κ3) is 2.73. The fourth-order valence-corrected chi connectivity index (χ4v) is 3.11. The van der Waals surface area contributed by atoms with Crippen LogP contribution in [0, 0.1) is 12.7 Å². The topological polar surface area (TPSA) is 12.0 Å². The normalized spacial score (nSPS) is 13.3. The van der Waals surface area contributed by atoms with E-state index in [9.17, 15) is 4.39 Å². The number of halogens is 2. The predicted octanol–water partition coefficient (Wildman–Crippen LogP) is 5.00. The molecule has 0 fully saturated rings. The van der Waals surface area contributed by atoms with Crippen LogP contribution in [0.5, 0.6) is 0 Å². The van der Waals surface area contributed by atoms with Crippen LogP contribution in [0.25, 0.3) is 0 Å². The maximum Gasteiger partial charge on any atom is 0.137 e. The van der Waals surface area contributed by atoms with E-state index < -0.39 is 0 Å². The van der Waals surface area contributed by atoms with Gasteiger partial charge in [-0.25, -0.2) is 4.39 Å². The lowest BCUT2D eigenvalue weighted by molar-refractivity contribution is 0.620. The Labute approximate surface area is 127 Å². The Bertz CT molecular complexity index is 652.